The standard InChI is InChI=1S/C10H10F2O/c1-5-8(4-13)6(2)10(12)7(3)9(5)11/h4H,1-3H3. The molecule has 0 aliphatic rings. The third-order valence-electron chi connectivity index (χ3n) is 2.24. The van der Waals surface area contributed by atoms with Crippen LogP contribution in [-0.4, -0.2) is 6.29 Å². The van der Waals surface area contributed by atoms with Crippen molar-refractivity contribution in [1.82, 2.24) is 0 Å². The lowest BCUT2D eigenvalue weighted by atomic mass is 9.99. The molecular formula is C10H10F2O. The number of hydrogen-bond acceptors (Lipinski definition) is 1. The fourth-order valence-corrected chi connectivity index (χ4v) is 1.35. The Morgan fingerprint density at radius 3 is 1.62 bits per heavy atom. The van der Waals surface area contributed by atoms with E-state index in [2.05, 4.69) is 0 Å². The van der Waals surface area contributed by atoms with E-state index in [0.717, 1.165) is 0 Å². The van der Waals surface area contributed by atoms with Crippen LogP contribution in [0.2, 0.25) is 0 Å². The third-order valence-corrected chi connectivity index (χ3v) is 2.24. The highest BCUT2D eigenvalue weighted by Gasteiger charge is 2.16. The number of aldehydes is 1. The van der Waals surface area contributed by atoms with E-state index in [-0.39, 0.29) is 22.3 Å². The lowest BCUT2D eigenvalue weighted by Gasteiger charge is -2.09. The van der Waals surface area contributed by atoms with Gasteiger partial charge in [-0.15, -0.1) is 0 Å². The summed E-state index contributed by atoms with van der Waals surface area (Å²) < 4.78 is 26.4. The number of carbonyl (C=O) groups is 1. The van der Waals surface area contributed by atoms with Gasteiger partial charge in [0, 0.05) is 11.1 Å². The van der Waals surface area contributed by atoms with Crippen molar-refractivity contribution < 1.29 is 13.6 Å². The predicted molar refractivity (Wildman–Crippen MR) is 46.0 cm³/mol. The summed E-state index contributed by atoms with van der Waals surface area (Å²) in [5, 5.41) is 0. The van der Waals surface area contributed by atoms with Crippen LogP contribution in [0.15, 0.2) is 0 Å². The van der Waals surface area contributed by atoms with Crippen LogP contribution in [0.3, 0.4) is 0 Å². The molecule has 0 fully saturated rings. The monoisotopic (exact) mass is 184 g/mol. The number of carbonyl (C=O) groups excluding carboxylic acids is 1. The molecule has 70 valence electrons. The molecule has 0 spiro atoms. The Balaban J connectivity index is 3.66. The average molecular weight is 184 g/mol. The van der Waals surface area contributed by atoms with E-state index >= 15 is 0 Å². The lowest BCUT2D eigenvalue weighted by Crippen LogP contribution is -2.03. The first-order valence-corrected chi connectivity index (χ1v) is 3.90. The van der Waals surface area contributed by atoms with E-state index in [1.807, 2.05) is 0 Å². The summed E-state index contributed by atoms with van der Waals surface area (Å²) in [4.78, 5) is 10.5. The summed E-state index contributed by atoms with van der Waals surface area (Å²) in [6, 6.07) is 0. The van der Waals surface area contributed by atoms with E-state index in [1.165, 1.54) is 20.8 Å². The van der Waals surface area contributed by atoms with Crippen molar-refractivity contribution in [3.05, 3.63) is 33.9 Å². The minimum atomic E-state index is -0.634. The van der Waals surface area contributed by atoms with Gasteiger partial charge in [-0.2, -0.15) is 0 Å². The van der Waals surface area contributed by atoms with Crippen LogP contribution in [0.25, 0.3) is 0 Å². The molecule has 1 aromatic carbocycles. The molecule has 3 heteroatoms. The van der Waals surface area contributed by atoms with Crippen LogP contribution in [0.1, 0.15) is 27.0 Å². The van der Waals surface area contributed by atoms with Gasteiger partial charge in [0.05, 0.1) is 0 Å². The Morgan fingerprint density at radius 1 is 0.923 bits per heavy atom. The zero-order valence-corrected chi connectivity index (χ0v) is 7.74. The van der Waals surface area contributed by atoms with E-state index in [9.17, 15) is 13.6 Å². The molecule has 0 bridgehead atoms. The van der Waals surface area contributed by atoms with Crippen LogP contribution in [0, 0.1) is 32.4 Å². The highest BCUT2D eigenvalue weighted by molar-refractivity contribution is 5.80. The Bertz CT molecular complexity index is 341. The smallest absolute Gasteiger partial charge is 0.150 e. The molecule has 0 atom stereocenters. The predicted octanol–water partition coefficient (Wildman–Crippen LogP) is 2.70. The van der Waals surface area contributed by atoms with Crippen molar-refractivity contribution in [2.24, 2.45) is 0 Å². The van der Waals surface area contributed by atoms with Gasteiger partial charge in [-0.25, -0.2) is 8.78 Å². The second-order valence-electron chi connectivity index (χ2n) is 3.03. The molecule has 0 aromatic heterocycles. The zero-order valence-electron chi connectivity index (χ0n) is 7.74. The Hall–Kier alpha value is -1.25. The van der Waals surface area contributed by atoms with Gasteiger partial charge in [0.2, 0.25) is 0 Å². The van der Waals surface area contributed by atoms with E-state index in [0.29, 0.717) is 6.29 Å². The normalized spacial score (nSPS) is 10.2. The summed E-state index contributed by atoms with van der Waals surface area (Å²) in [6.45, 7) is 4.30. The van der Waals surface area contributed by atoms with Crippen LogP contribution in [-0.2, 0) is 0 Å². The second-order valence-corrected chi connectivity index (χ2v) is 3.03. The Labute approximate surface area is 75.4 Å². The van der Waals surface area contributed by atoms with Crippen molar-refractivity contribution in [1.29, 1.82) is 0 Å². The summed E-state index contributed by atoms with van der Waals surface area (Å²) in [7, 11) is 0. The van der Waals surface area contributed by atoms with Gasteiger partial charge in [-0.1, -0.05) is 0 Å². The van der Waals surface area contributed by atoms with Gasteiger partial charge >= 0.3 is 0 Å². The largest absolute Gasteiger partial charge is 0.298 e. The number of benzene rings is 1. The number of halogens is 2. The molecule has 1 nitrogen and oxygen atoms in total. The van der Waals surface area contributed by atoms with E-state index < -0.39 is 11.6 Å². The molecule has 13 heavy (non-hydrogen) atoms. The fourth-order valence-electron chi connectivity index (χ4n) is 1.35. The highest BCUT2D eigenvalue weighted by Crippen LogP contribution is 2.23. The molecule has 0 heterocycles. The molecule has 1 rings (SSSR count). The second kappa shape index (κ2) is 3.24. The first-order chi connectivity index (χ1) is 6.00. The van der Waals surface area contributed by atoms with Gasteiger partial charge in [0.25, 0.3) is 0 Å². The lowest BCUT2D eigenvalue weighted by molar-refractivity contribution is 0.112. The van der Waals surface area contributed by atoms with Crippen molar-refractivity contribution in [2.45, 2.75) is 20.8 Å². The molecule has 0 aliphatic heterocycles. The third kappa shape index (κ3) is 1.34. The zero-order chi connectivity index (χ0) is 10.2. The summed E-state index contributed by atoms with van der Waals surface area (Å²) in [6.07, 6.45) is 0.482. The van der Waals surface area contributed by atoms with Gasteiger partial charge < -0.3 is 0 Å². The first kappa shape index (κ1) is 9.84. The van der Waals surface area contributed by atoms with Crippen LogP contribution < -0.4 is 0 Å². The molecule has 0 saturated carbocycles. The Morgan fingerprint density at radius 2 is 1.31 bits per heavy atom. The summed E-state index contributed by atoms with van der Waals surface area (Å²) >= 11 is 0. The number of rotatable bonds is 1. The van der Waals surface area contributed by atoms with Crippen molar-refractivity contribution >= 4 is 6.29 Å². The maximum Gasteiger partial charge on any atom is 0.150 e. The van der Waals surface area contributed by atoms with Gasteiger partial charge in [0.15, 0.2) is 6.29 Å². The maximum atomic E-state index is 13.2. The van der Waals surface area contributed by atoms with Gasteiger partial charge in [-0.05, 0) is 31.9 Å². The molecular weight excluding hydrogens is 174 g/mol. The minimum absolute atomic E-state index is 0.0272. The summed E-state index contributed by atoms with van der Waals surface area (Å²) in [5.41, 5.74) is 0.513. The van der Waals surface area contributed by atoms with Gasteiger partial charge in [-0.3, -0.25) is 4.79 Å². The number of hydrogen-bond donors (Lipinski definition) is 0. The van der Waals surface area contributed by atoms with E-state index in [1.54, 1.807) is 0 Å². The topological polar surface area (TPSA) is 17.1 Å². The molecule has 0 radical (unpaired) electrons. The molecule has 0 unspecified atom stereocenters. The van der Waals surface area contributed by atoms with Crippen LogP contribution in [0.4, 0.5) is 8.78 Å². The molecule has 0 amide bonds. The van der Waals surface area contributed by atoms with Crippen molar-refractivity contribution in [3.8, 4) is 0 Å². The molecule has 0 N–H and O–H groups in total. The molecule has 0 saturated heterocycles. The van der Waals surface area contributed by atoms with Crippen molar-refractivity contribution in [3.63, 3.8) is 0 Å². The molecule has 0 aliphatic carbocycles. The first-order valence-electron chi connectivity index (χ1n) is 3.90. The fraction of sp³-hybridized carbons (Fsp3) is 0.300. The summed E-state index contributed by atoms with van der Waals surface area (Å²) in [5.74, 6) is -1.27. The maximum absolute atomic E-state index is 13.2. The average Bonchev–Trinajstić information content (AvgIpc) is 2.13. The quantitative estimate of drug-likeness (QED) is 0.613. The highest BCUT2D eigenvalue weighted by atomic mass is 19.1. The SMILES string of the molecule is Cc1c(F)c(C)c(C=O)c(C)c1F. The van der Waals surface area contributed by atoms with Crippen LogP contribution in [0.5, 0.6) is 0 Å². The Kier molecular flexibility index (Phi) is 2.45. The van der Waals surface area contributed by atoms with Crippen LogP contribution >= 0.6 is 0 Å². The van der Waals surface area contributed by atoms with Gasteiger partial charge in [0.1, 0.15) is 11.6 Å². The van der Waals surface area contributed by atoms with Crippen molar-refractivity contribution in [2.75, 3.05) is 0 Å². The van der Waals surface area contributed by atoms with E-state index in [4.69, 9.17) is 0 Å². The minimum Gasteiger partial charge on any atom is -0.298 e. The molecule has 1 aromatic rings.